The Morgan fingerprint density at radius 2 is 1.68 bits per heavy atom. The van der Waals surface area contributed by atoms with Crippen molar-refractivity contribution in [2.45, 2.75) is 30.4 Å². The summed E-state index contributed by atoms with van der Waals surface area (Å²) in [4.78, 5) is 14.6. The lowest BCUT2D eigenvalue weighted by molar-refractivity contribution is 0.136. The molecule has 3 aromatic carbocycles. The standard InChI is InChI=1S/C23H23BN2O4S/c24-19-6-8-22-18(13-19)15-30-23(27)26(22)20-9-11-25(12-10-20)31(28,29)21-7-5-16-3-1-2-4-17(16)14-21/h1-8,13-14,20H,9-12,15,24H2. The molecule has 0 aliphatic carbocycles. The first-order chi connectivity index (χ1) is 14.9. The van der Waals surface area contributed by atoms with Gasteiger partial charge >= 0.3 is 6.09 Å². The summed E-state index contributed by atoms with van der Waals surface area (Å²) in [6.45, 7) is 1.01. The van der Waals surface area contributed by atoms with E-state index in [1.165, 1.54) is 4.31 Å². The van der Waals surface area contributed by atoms with Gasteiger partial charge in [0.25, 0.3) is 0 Å². The monoisotopic (exact) mass is 434 g/mol. The molecule has 31 heavy (non-hydrogen) atoms. The van der Waals surface area contributed by atoms with Gasteiger partial charge in [-0.3, -0.25) is 4.90 Å². The Morgan fingerprint density at radius 3 is 2.45 bits per heavy atom. The zero-order valence-electron chi connectivity index (χ0n) is 17.3. The molecule has 2 aliphatic heterocycles. The molecule has 0 N–H and O–H groups in total. The van der Waals surface area contributed by atoms with Gasteiger partial charge in [0.15, 0.2) is 0 Å². The second-order valence-electron chi connectivity index (χ2n) is 8.20. The van der Waals surface area contributed by atoms with Crippen LogP contribution in [0.15, 0.2) is 65.6 Å². The van der Waals surface area contributed by atoms with E-state index in [9.17, 15) is 13.2 Å². The molecule has 5 rings (SSSR count). The van der Waals surface area contributed by atoms with Crippen molar-refractivity contribution in [1.29, 1.82) is 0 Å². The topological polar surface area (TPSA) is 66.9 Å². The van der Waals surface area contributed by atoms with E-state index in [2.05, 4.69) is 0 Å². The SMILES string of the molecule is Bc1ccc2c(c1)COC(=O)N2C1CCN(S(=O)(=O)c2ccc3ccccc3c2)CC1. The van der Waals surface area contributed by atoms with E-state index < -0.39 is 10.0 Å². The molecule has 1 saturated heterocycles. The summed E-state index contributed by atoms with van der Waals surface area (Å²) in [6.07, 6.45) is 0.775. The molecule has 1 amide bonds. The van der Waals surface area contributed by atoms with Gasteiger partial charge in [-0.25, -0.2) is 13.2 Å². The molecular weight excluding hydrogens is 411 g/mol. The molecule has 0 unspecified atom stereocenters. The van der Waals surface area contributed by atoms with Gasteiger partial charge in [0.05, 0.1) is 10.6 Å². The Kier molecular flexibility index (Phi) is 4.99. The zero-order valence-corrected chi connectivity index (χ0v) is 18.1. The quantitative estimate of drug-likeness (QED) is 0.594. The molecule has 8 heteroatoms. The maximum atomic E-state index is 13.2. The lowest BCUT2D eigenvalue weighted by atomic mass is 9.92. The van der Waals surface area contributed by atoms with Gasteiger partial charge in [-0.1, -0.05) is 47.9 Å². The van der Waals surface area contributed by atoms with E-state index in [0.717, 1.165) is 27.5 Å². The van der Waals surface area contributed by atoms with E-state index in [1.54, 1.807) is 17.0 Å². The van der Waals surface area contributed by atoms with E-state index in [-0.39, 0.29) is 18.7 Å². The number of cyclic esters (lactones) is 1. The smallest absolute Gasteiger partial charge is 0.414 e. The maximum Gasteiger partial charge on any atom is 0.414 e. The summed E-state index contributed by atoms with van der Waals surface area (Å²) in [5.41, 5.74) is 2.98. The van der Waals surface area contributed by atoms with Crippen molar-refractivity contribution < 1.29 is 17.9 Å². The molecule has 0 atom stereocenters. The van der Waals surface area contributed by atoms with Gasteiger partial charge < -0.3 is 4.74 Å². The number of carbonyl (C=O) groups is 1. The fourth-order valence-electron chi connectivity index (χ4n) is 4.54. The van der Waals surface area contributed by atoms with Crippen molar-refractivity contribution >= 4 is 45.9 Å². The van der Waals surface area contributed by atoms with Gasteiger partial charge in [-0.15, -0.1) is 0 Å². The Hall–Kier alpha value is -2.84. The van der Waals surface area contributed by atoms with Crippen molar-refractivity contribution in [1.82, 2.24) is 4.31 Å². The molecule has 1 fully saturated rings. The lowest BCUT2D eigenvalue weighted by Gasteiger charge is -2.39. The maximum absolute atomic E-state index is 13.2. The number of carbonyl (C=O) groups excluding carboxylic acids is 1. The minimum absolute atomic E-state index is 0.0858. The molecule has 2 heterocycles. The van der Waals surface area contributed by atoms with Crippen molar-refractivity contribution in [2.24, 2.45) is 0 Å². The van der Waals surface area contributed by atoms with Crippen LogP contribution in [-0.2, 0) is 21.4 Å². The number of ether oxygens (including phenoxy) is 1. The molecule has 0 bridgehead atoms. The minimum atomic E-state index is -3.59. The Balaban J connectivity index is 1.36. The number of amides is 1. The third-order valence-corrected chi connectivity index (χ3v) is 8.08. The van der Waals surface area contributed by atoms with E-state index in [0.29, 0.717) is 30.8 Å². The summed E-state index contributed by atoms with van der Waals surface area (Å²) in [6, 6.07) is 18.9. The highest BCUT2D eigenvalue weighted by atomic mass is 32.2. The highest BCUT2D eigenvalue weighted by molar-refractivity contribution is 7.89. The van der Waals surface area contributed by atoms with Crippen LogP contribution in [0.3, 0.4) is 0 Å². The first kappa shape index (κ1) is 20.1. The number of piperidine rings is 1. The van der Waals surface area contributed by atoms with Gasteiger partial charge in [0, 0.05) is 24.7 Å². The van der Waals surface area contributed by atoms with E-state index >= 15 is 0 Å². The summed E-state index contributed by atoms with van der Waals surface area (Å²) in [7, 11) is -1.58. The number of hydrogen-bond donors (Lipinski definition) is 0. The largest absolute Gasteiger partial charge is 0.444 e. The zero-order chi connectivity index (χ0) is 21.6. The summed E-state index contributed by atoms with van der Waals surface area (Å²) in [5.74, 6) is 0. The number of anilines is 1. The number of sulfonamides is 1. The predicted octanol–water partition coefficient (Wildman–Crippen LogP) is 2.41. The van der Waals surface area contributed by atoms with Crippen LogP contribution in [0.5, 0.6) is 0 Å². The normalized spacial score (nSPS) is 18.1. The number of rotatable bonds is 3. The van der Waals surface area contributed by atoms with Crippen LogP contribution in [0.25, 0.3) is 10.8 Å². The number of nitrogens with zero attached hydrogens (tertiary/aromatic N) is 2. The summed E-state index contributed by atoms with van der Waals surface area (Å²) in [5, 5.41) is 1.92. The van der Waals surface area contributed by atoms with E-state index in [4.69, 9.17) is 4.74 Å². The number of hydrogen-bond acceptors (Lipinski definition) is 4. The van der Waals surface area contributed by atoms with Gasteiger partial charge in [0.2, 0.25) is 10.0 Å². The Labute approximate surface area is 182 Å². The summed E-state index contributed by atoms with van der Waals surface area (Å²) >= 11 is 0. The highest BCUT2D eigenvalue weighted by Crippen LogP contribution is 2.32. The molecule has 0 radical (unpaired) electrons. The third kappa shape index (κ3) is 3.60. The number of benzene rings is 3. The average Bonchev–Trinajstić information content (AvgIpc) is 2.79. The van der Waals surface area contributed by atoms with Crippen LogP contribution >= 0.6 is 0 Å². The Morgan fingerprint density at radius 1 is 0.935 bits per heavy atom. The fourth-order valence-corrected chi connectivity index (χ4v) is 6.04. The van der Waals surface area contributed by atoms with Crippen LogP contribution in [0.4, 0.5) is 10.5 Å². The fraction of sp³-hybridized carbons (Fsp3) is 0.261. The molecule has 0 spiro atoms. The molecule has 6 nitrogen and oxygen atoms in total. The van der Waals surface area contributed by atoms with Crippen LogP contribution in [0.2, 0.25) is 0 Å². The molecule has 158 valence electrons. The lowest BCUT2D eigenvalue weighted by Crippen LogP contribution is -2.50. The molecule has 2 aliphatic rings. The van der Waals surface area contributed by atoms with Gasteiger partial charge in [-0.2, -0.15) is 4.31 Å². The molecule has 3 aromatic rings. The van der Waals surface area contributed by atoms with Crippen molar-refractivity contribution in [3.05, 3.63) is 66.2 Å². The average molecular weight is 434 g/mol. The third-order valence-electron chi connectivity index (χ3n) is 6.19. The van der Waals surface area contributed by atoms with Crippen LogP contribution in [0, 0.1) is 0 Å². The van der Waals surface area contributed by atoms with Crippen molar-refractivity contribution in [2.75, 3.05) is 18.0 Å². The van der Waals surface area contributed by atoms with Crippen LogP contribution < -0.4 is 10.4 Å². The Bertz CT molecular complexity index is 1270. The minimum Gasteiger partial charge on any atom is -0.444 e. The van der Waals surface area contributed by atoms with Crippen molar-refractivity contribution in [3.63, 3.8) is 0 Å². The molecule has 0 saturated carbocycles. The number of fused-ring (bicyclic) bond motifs is 2. The predicted molar refractivity (Wildman–Crippen MR) is 123 cm³/mol. The first-order valence-corrected chi connectivity index (χ1v) is 11.9. The second kappa shape index (κ2) is 7.69. The highest BCUT2D eigenvalue weighted by Gasteiger charge is 2.37. The van der Waals surface area contributed by atoms with Crippen molar-refractivity contribution in [3.8, 4) is 0 Å². The van der Waals surface area contributed by atoms with Gasteiger partial charge in [-0.05, 0) is 41.8 Å². The van der Waals surface area contributed by atoms with E-state index in [1.807, 2.05) is 56.4 Å². The van der Waals surface area contributed by atoms with Gasteiger partial charge in [0.1, 0.15) is 14.5 Å². The second-order valence-corrected chi connectivity index (χ2v) is 10.1. The molecule has 0 aromatic heterocycles. The van der Waals surface area contributed by atoms with Crippen LogP contribution in [0.1, 0.15) is 18.4 Å². The van der Waals surface area contributed by atoms with Crippen LogP contribution in [-0.4, -0.2) is 45.8 Å². The first-order valence-electron chi connectivity index (χ1n) is 10.5. The summed E-state index contributed by atoms with van der Waals surface area (Å²) < 4.78 is 33.4. The molecular formula is C23H23BN2O4S.